The van der Waals surface area contributed by atoms with Gasteiger partial charge < -0.3 is 9.73 Å². The number of nitrogens with one attached hydrogen (secondary N) is 2. The molecule has 0 fully saturated rings. The first kappa shape index (κ1) is 27.3. The molecule has 0 amide bonds. The molecule has 9 rings (SSSR count). The molecule has 0 radical (unpaired) electrons. The van der Waals surface area contributed by atoms with Crippen molar-refractivity contribution in [1.82, 2.24) is 10.6 Å². The smallest absolute Gasteiger partial charge is 0.143 e. The van der Waals surface area contributed by atoms with Crippen LogP contribution in [0.15, 0.2) is 173 Å². The summed E-state index contributed by atoms with van der Waals surface area (Å²) in [5.74, 6) is 0.854. The number of para-hydroxylation sites is 1. The van der Waals surface area contributed by atoms with Crippen molar-refractivity contribution in [1.29, 1.82) is 0 Å². The van der Waals surface area contributed by atoms with Crippen LogP contribution in [0.2, 0.25) is 0 Å². The van der Waals surface area contributed by atoms with Crippen LogP contribution in [0.1, 0.15) is 29.0 Å². The largest absolute Gasteiger partial charge is 0.455 e. The van der Waals surface area contributed by atoms with E-state index in [4.69, 9.17) is 9.41 Å². The lowest BCUT2D eigenvalue weighted by molar-refractivity contribution is 0.411. The Hall–Kier alpha value is -5.97. The van der Waals surface area contributed by atoms with Crippen molar-refractivity contribution in [3.8, 4) is 22.3 Å². The minimum Gasteiger partial charge on any atom is -0.455 e. The normalized spacial score (nSPS) is 16.3. The lowest BCUT2D eigenvalue weighted by atomic mass is 9.96. The molecule has 0 saturated heterocycles. The molecule has 2 atom stereocenters. The third-order valence-electron chi connectivity index (χ3n) is 9.15. The van der Waals surface area contributed by atoms with Crippen molar-refractivity contribution in [2.24, 2.45) is 4.99 Å². The van der Waals surface area contributed by atoms with Crippen molar-refractivity contribution in [2.45, 2.75) is 12.3 Å². The van der Waals surface area contributed by atoms with Gasteiger partial charge in [-0.2, -0.15) is 0 Å². The van der Waals surface area contributed by atoms with Gasteiger partial charge in [0.2, 0.25) is 0 Å². The predicted octanol–water partition coefficient (Wildman–Crippen LogP) is 10.4. The van der Waals surface area contributed by atoms with E-state index >= 15 is 0 Å². The summed E-state index contributed by atoms with van der Waals surface area (Å²) in [7, 11) is 0. The monoisotopic (exact) mass is 605 g/mol. The second-order valence-corrected chi connectivity index (χ2v) is 12.0. The minimum absolute atomic E-state index is 0.225. The molecule has 0 saturated carbocycles. The van der Waals surface area contributed by atoms with Gasteiger partial charge in [-0.25, -0.2) is 4.99 Å². The van der Waals surface area contributed by atoms with Gasteiger partial charge in [0.05, 0.1) is 0 Å². The molecule has 4 heteroatoms. The minimum atomic E-state index is -0.267. The quantitative estimate of drug-likeness (QED) is 0.205. The zero-order valence-corrected chi connectivity index (χ0v) is 25.6. The first-order valence-corrected chi connectivity index (χ1v) is 16.0. The molecular formula is C43H31N3O. The summed E-state index contributed by atoms with van der Waals surface area (Å²) in [5.41, 5.74) is 9.68. The van der Waals surface area contributed by atoms with Crippen molar-refractivity contribution in [3.05, 3.63) is 180 Å². The summed E-state index contributed by atoms with van der Waals surface area (Å²) in [6.07, 6.45) is -0.492. The number of benzene rings is 7. The third kappa shape index (κ3) is 4.96. The van der Waals surface area contributed by atoms with Crippen LogP contribution in [-0.2, 0) is 0 Å². The van der Waals surface area contributed by atoms with Gasteiger partial charge in [-0.3, -0.25) is 5.32 Å². The van der Waals surface area contributed by atoms with E-state index in [1.165, 1.54) is 21.9 Å². The zero-order chi connectivity index (χ0) is 31.2. The van der Waals surface area contributed by atoms with Crippen LogP contribution in [-0.4, -0.2) is 5.84 Å². The average Bonchev–Trinajstić information content (AvgIpc) is 3.55. The number of aliphatic imine (C=N–C) groups is 1. The maximum absolute atomic E-state index is 6.60. The van der Waals surface area contributed by atoms with Crippen LogP contribution < -0.4 is 10.6 Å². The van der Waals surface area contributed by atoms with Crippen molar-refractivity contribution in [3.63, 3.8) is 0 Å². The molecule has 7 aromatic carbocycles. The summed E-state index contributed by atoms with van der Waals surface area (Å²) in [4.78, 5) is 5.24. The van der Waals surface area contributed by atoms with Crippen LogP contribution in [0.3, 0.4) is 0 Å². The lowest BCUT2D eigenvalue weighted by Crippen LogP contribution is -2.45. The Bertz CT molecular complexity index is 2410. The van der Waals surface area contributed by atoms with Gasteiger partial charge in [-0.1, -0.05) is 146 Å². The molecule has 8 aromatic rings. The van der Waals surface area contributed by atoms with Gasteiger partial charge in [0.15, 0.2) is 0 Å². The lowest BCUT2D eigenvalue weighted by Gasteiger charge is -2.32. The summed E-state index contributed by atoms with van der Waals surface area (Å²) in [6.45, 7) is 0. The Kier molecular flexibility index (Phi) is 6.65. The summed E-state index contributed by atoms with van der Waals surface area (Å²) in [6, 6.07) is 57.4. The molecular weight excluding hydrogens is 574 g/mol. The van der Waals surface area contributed by atoms with Gasteiger partial charge >= 0.3 is 0 Å². The zero-order valence-electron chi connectivity index (χ0n) is 25.6. The predicted molar refractivity (Wildman–Crippen MR) is 193 cm³/mol. The molecule has 2 unspecified atom stereocenters. The Morgan fingerprint density at radius 2 is 1.19 bits per heavy atom. The van der Waals surface area contributed by atoms with E-state index in [1.54, 1.807) is 0 Å². The van der Waals surface area contributed by atoms with Crippen LogP contribution in [0.25, 0.3) is 55.0 Å². The maximum Gasteiger partial charge on any atom is 0.143 e. The van der Waals surface area contributed by atoms with Gasteiger partial charge in [-0.15, -0.1) is 0 Å². The highest BCUT2D eigenvalue weighted by molar-refractivity contribution is 6.12. The van der Waals surface area contributed by atoms with E-state index in [0.29, 0.717) is 0 Å². The Labute approximate surface area is 273 Å². The first-order chi connectivity index (χ1) is 23.3. The van der Waals surface area contributed by atoms with E-state index in [0.717, 1.165) is 55.6 Å². The van der Waals surface area contributed by atoms with Crippen molar-refractivity contribution < 1.29 is 4.42 Å². The standard InChI is InChI=1S/C43H31N3O/c1-4-12-28(13-5-1)31-20-21-33-27-34(23-22-32(33)26-31)42-44-41(30-16-8-3-9-17-30)45-43(46-42)37-25-24-35(29-14-6-2-7-15-29)40-39(37)36-18-10-11-19-38(36)47-40/h1-27,42-43,46H,(H,44,45). The maximum atomic E-state index is 6.60. The molecule has 1 aromatic heterocycles. The van der Waals surface area contributed by atoms with E-state index in [9.17, 15) is 0 Å². The molecule has 0 spiro atoms. The van der Waals surface area contributed by atoms with Gasteiger partial charge in [0.25, 0.3) is 0 Å². The number of hydrogen-bond donors (Lipinski definition) is 2. The molecule has 224 valence electrons. The number of furan rings is 1. The highest BCUT2D eigenvalue weighted by atomic mass is 16.3. The van der Waals surface area contributed by atoms with E-state index in [2.05, 4.69) is 150 Å². The molecule has 0 aliphatic carbocycles. The van der Waals surface area contributed by atoms with Crippen molar-refractivity contribution in [2.75, 3.05) is 0 Å². The fraction of sp³-hybridized carbons (Fsp3) is 0.0465. The van der Waals surface area contributed by atoms with Gasteiger partial charge in [-0.05, 0) is 51.2 Å². The van der Waals surface area contributed by atoms with Crippen LogP contribution in [0.4, 0.5) is 0 Å². The molecule has 1 aliphatic rings. The van der Waals surface area contributed by atoms with Crippen LogP contribution in [0.5, 0.6) is 0 Å². The second-order valence-electron chi connectivity index (χ2n) is 12.0. The fourth-order valence-corrected chi connectivity index (χ4v) is 6.82. The van der Waals surface area contributed by atoms with Gasteiger partial charge in [0.1, 0.15) is 29.3 Å². The number of rotatable bonds is 5. The summed E-state index contributed by atoms with van der Waals surface area (Å²) >= 11 is 0. The number of hydrogen-bond acceptors (Lipinski definition) is 4. The van der Waals surface area contributed by atoms with E-state index < -0.39 is 0 Å². The van der Waals surface area contributed by atoms with Gasteiger partial charge in [0, 0.05) is 27.5 Å². The topological polar surface area (TPSA) is 49.6 Å². The molecule has 1 aliphatic heterocycles. The Balaban J connectivity index is 1.17. The molecule has 47 heavy (non-hydrogen) atoms. The third-order valence-corrected chi connectivity index (χ3v) is 9.15. The molecule has 2 heterocycles. The Morgan fingerprint density at radius 1 is 0.532 bits per heavy atom. The first-order valence-electron chi connectivity index (χ1n) is 16.0. The van der Waals surface area contributed by atoms with Crippen LogP contribution in [0, 0.1) is 0 Å². The Morgan fingerprint density at radius 3 is 1.98 bits per heavy atom. The molecule has 4 nitrogen and oxygen atoms in total. The highest BCUT2D eigenvalue weighted by Gasteiger charge is 2.29. The summed E-state index contributed by atoms with van der Waals surface area (Å²) < 4.78 is 6.60. The van der Waals surface area contributed by atoms with E-state index in [-0.39, 0.29) is 12.3 Å². The number of fused-ring (bicyclic) bond motifs is 4. The summed E-state index contributed by atoms with van der Waals surface area (Å²) in [5, 5.41) is 12.2. The highest BCUT2D eigenvalue weighted by Crippen LogP contribution is 2.41. The van der Waals surface area contributed by atoms with Crippen LogP contribution >= 0.6 is 0 Å². The SMILES string of the molecule is c1ccc(C2=NC(c3ccc4cc(-c5ccccc5)ccc4c3)NC(c3ccc(-c4ccccc4)c4oc5ccccc5c34)N2)cc1. The number of nitrogens with zero attached hydrogens (tertiary/aromatic N) is 1. The number of amidine groups is 1. The molecule has 0 bridgehead atoms. The fourth-order valence-electron chi connectivity index (χ4n) is 6.82. The van der Waals surface area contributed by atoms with E-state index in [1.807, 2.05) is 24.3 Å². The second kappa shape index (κ2) is 11.4. The average molecular weight is 606 g/mol. The molecule has 2 N–H and O–H groups in total. The van der Waals surface area contributed by atoms with Crippen molar-refractivity contribution >= 4 is 38.5 Å².